The highest BCUT2D eigenvalue weighted by Crippen LogP contribution is 2.61. The summed E-state index contributed by atoms with van der Waals surface area (Å²) >= 11 is 3.92. The zero-order chi connectivity index (χ0) is 21.9. The molecule has 0 heterocycles. The first-order valence-electron chi connectivity index (χ1n) is 10.7. The van der Waals surface area contributed by atoms with Crippen molar-refractivity contribution < 1.29 is 4.74 Å². The summed E-state index contributed by atoms with van der Waals surface area (Å²) in [6.07, 6.45) is 5.27. The zero-order valence-corrected chi connectivity index (χ0v) is 20.8. The Morgan fingerprint density at radius 3 is 1.58 bits per heavy atom. The fraction of sp³-hybridized carbons (Fsp3) is 0.214. The Morgan fingerprint density at radius 2 is 1.19 bits per heavy atom. The molecule has 0 amide bonds. The molecule has 0 N–H and O–H groups in total. The van der Waals surface area contributed by atoms with Gasteiger partial charge in [0.05, 0.1) is 0 Å². The van der Waals surface area contributed by atoms with E-state index in [2.05, 4.69) is 133 Å². The molecule has 0 saturated carbocycles. The SMILES string of the molecule is COC1(C[P+](c2ccccc2)(c2ccccc2)c2ccccc2)C(Br)=CC=C(C)C1C. The van der Waals surface area contributed by atoms with Gasteiger partial charge in [0.1, 0.15) is 34.9 Å². The van der Waals surface area contributed by atoms with Gasteiger partial charge in [-0.1, -0.05) is 89.1 Å². The zero-order valence-electron chi connectivity index (χ0n) is 18.3. The standard InChI is InChI=1S/C28H29BrOP/c1-22-19-20-27(29)28(30-3,23(22)2)21-31(24-13-7-4-8-14-24,25-15-9-5-10-16-25)26-17-11-6-12-18-26/h4-20,23H,21H2,1-3H3/q+1. The fourth-order valence-electron chi connectivity index (χ4n) is 4.74. The lowest BCUT2D eigenvalue weighted by atomic mass is 9.81. The van der Waals surface area contributed by atoms with Gasteiger partial charge < -0.3 is 4.74 Å². The summed E-state index contributed by atoms with van der Waals surface area (Å²) in [4.78, 5) is 0. The largest absolute Gasteiger partial charge is 0.368 e. The second kappa shape index (κ2) is 9.25. The number of rotatable bonds is 6. The average molecular weight is 492 g/mol. The van der Waals surface area contributed by atoms with Gasteiger partial charge >= 0.3 is 0 Å². The topological polar surface area (TPSA) is 9.23 Å². The molecule has 158 valence electrons. The molecule has 3 aromatic rings. The van der Waals surface area contributed by atoms with Crippen molar-refractivity contribution >= 4 is 39.1 Å². The van der Waals surface area contributed by atoms with Gasteiger partial charge in [-0.2, -0.15) is 0 Å². The Hall–Kier alpha value is -1.99. The smallest absolute Gasteiger partial charge is 0.140 e. The highest BCUT2D eigenvalue weighted by Gasteiger charge is 2.56. The highest BCUT2D eigenvalue weighted by atomic mass is 79.9. The van der Waals surface area contributed by atoms with Crippen LogP contribution in [0, 0.1) is 5.92 Å². The third-order valence-electron chi connectivity index (χ3n) is 6.71. The van der Waals surface area contributed by atoms with Gasteiger partial charge in [-0.15, -0.1) is 0 Å². The predicted molar refractivity (Wildman–Crippen MR) is 140 cm³/mol. The summed E-state index contributed by atoms with van der Waals surface area (Å²) in [5.41, 5.74) is 0.908. The minimum Gasteiger partial charge on any atom is -0.368 e. The lowest BCUT2D eigenvalue weighted by Crippen LogP contribution is -2.50. The molecular formula is C28H29BrOP+. The van der Waals surface area contributed by atoms with Gasteiger partial charge in [0.15, 0.2) is 0 Å². The first kappa shape index (κ1) is 22.2. The molecule has 2 unspecified atom stereocenters. The van der Waals surface area contributed by atoms with Gasteiger partial charge in [-0.25, -0.2) is 0 Å². The van der Waals surface area contributed by atoms with Crippen molar-refractivity contribution in [2.24, 2.45) is 5.92 Å². The Bertz CT molecular complexity index is 979. The minimum absolute atomic E-state index is 0.257. The lowest BCUT2D eigenvalue weighted by Gasteiger charge is -2.43. The van der Waals surface area contributed by atoms with Gasteiger partial charge in [0.2, 0.25) is 0 Å². The van der Waals surface area contributed by atoms with Crippen molar-refractivity contribution in [3.8, 4) is 0 Å². The number of benzene rings is 3. The fourth-order valence-corrected chi connectivity index (χ4v) is 10.5. The van der Waals surface area contributed by atoms with Crippen molar-refractivity contribution in [2.45, 2.75) is 19.4 Å². The maximum absolute atomic E-state index is 6.47. The van der Waals surface area contributed by atoms with E-state index in [0.29, 0.717) is 0 Å². The molecule has 0 aromatic heterocycles. The normalized spacial score (nSPS) is 21.4. The molecule has 0 bridgehead atoms. The summed E-state index contributed by atoms with van der Waals surface area (Å²) in [6, 6.07) is 33.1. The van der Waals surface area contributed by atoms with Crippen molar-refractivity contribution in [1.82, 2.24) is 0 Å². The molecular weight excluding hydrogens is 463 g/mol. The molecule has 31 heavy (non-hydrogen) atoms. The van der Waals surface area contributed by atoms with E-state index >= 15 is 0 Å². The molecule has 0 saturated heterocycles. The third-order valence-corrected chi connectivity index (χ3v) is 12.1. The van der Waals surface area contributed by atoms with Gasteiger partial charge in [-0.05, 0) is 49.4 Å². The summed E-state index contributed by atoms with van der Waals surface area (Å²) in [6.45, 7) is 4.50. The predicted octanol–water partition coefficient (Wildman–Crippen LogP) is 6.24. The summed E-state index contributed by atoms with van der Waals surface area (Å²) in [7, 11) is -0.167. The van der Waals surface area contributed by atoms with E-state index in [4.69, 9.17) is 4.74 Å². The lowest BCUT2D eigenvalue weighted by molar-refractivity contribution is 0.0152. The number of ether oxygens (including phenoxy) is 1. The van der Waals surface area contributed by atoms with Crippen LogP contribution in [0.4, 0.5) is 0 Å². The van der Waals surface area contributed by atoms with E-state index in [1.807, 2.05) is 7.11 Å². The average Bonchev–Trinajstić information content (AvgIpc) is 2.84. The van der Waals surface area contributed by atoms with Crippen molar-refractivity contribution in [1.29, 1.82) is 0 Å². The van der Waals surface area contributed by atoms with Crippen LogP contribution < -0.4 is 15.9 Å². The number of halogens is 1. The van der Waals surface area contributed by atoms with Crippen LogP contribution in [-0.2, 0) is 4.74 Å². The van der Waals surface area contributed by atoms with Crippen molar-refractivity contribution in [2.75, 3.05) is 13.3 Å². The number of allylic oxidation sites excluding steroid dienone is 2. The Balaban J connectivity index is 2.04. The molecule has 0 radical (unpaired) electrons. The molecule has 4 rings (SSSR count). The van der Waals surface area contributed by atoms with Crippen molar-refractivity contribution in [3.05, 3.63) is 113 Å². The van der Waals surface area contributed by atoms with Crippen molar-refractivity contribution in [3.63, 3.8) is 0 Å². The second-order valence-electron chi connectivity index (χ2n) is 8.22. The Labute approximate surface area is 195 Å². The van der Waals surface area contributed by atoms with E-state index in [1.54, 1.807) is 0 Å². The second-order valence-corrected chi connectivity index (χ2v) is 12.6. The third kappa shape index (κ3) is 3.87. The van der Waals surface area contributed by atoms with E-state index in [0.717, 1.165) is 10.6 Å². The van der Waals surface area contributed by atoms with Gasteiger partial charge in [0.25, 0.3) is 0 Å². The summed E-state index contributed by atoms with van der Waals surface area (Å²) < 4.78 is 7.58. The van der Waals surface area contributed by atoms with Gasteiger partial charge in [0, 0.05) is 17.5 Å². The summed E-state index contributed by atoms with van der Waals surface area (Å²) in [5, 5.41) is 4.13. The van der Waals surface area contributed by atoms with Crippen LogP contribution in [0.2, 0.25) is 0 Å². The van der Waals surface area contributed by atoms with Crippen LogP contribution in [0.15, 0.2) is 113 Å². The van der Waals surface area contributed by atoms with E-state index in [-0.39, 0.29) is 5.92 Å². The molecule has 0 spiro atoms. The van der Waals surface area contributed by atoms with E-state index in [9.17, 15) is 0 Å². The molecule has 1 aliphatic carbocycles. The summed E-state index contributed by atoms with van der Waals surface area (Å²) in [5.74, 6) is 0.257. The maximum atomic E-state index is 6.47. The minimum atomic E-state index is -2.03. The van der Waals surface area contributed by atoms with Crippen LogP contribution >= 0.6 is 23.2 Å². The van der Waals surface area contributed by atoms with Crippen LogP contribution in [0.5, 0.6) is 0 Å². The molecule has 1 aliphatic rings. The number of hydrogen-bond acceptors (Lipinski definition) is 1. The van der Waals surface area contributed by atoms with Gasteiger partial charge in [-0.3, -0.25) is 0 Å². The first-order valence-corrected chi connectivity index (χ1v) is 13.5. The maximum Gasteiger partial charge on any atom is 0.140 e. The Morgan fingerprint density at radius 1 is 0.774 bits per heavy atom. The molecule has 2 atom stereocenters. The number of methoxy groups -OCH3 is 1. The molecule has 3 heteroatoms. The first-order chi connectivity index (χ1) is 15.0. The van der Waals surface area contributed by atoms with E-state index < -0.39 is 12.9 Å². The number of hydrogen-bond donors (Lipinski definition) is 0. The quantitative estimate of drug-likeness (QED) is 0.370. The molecule has 0 aliphatic heterocycles. The van der Waals surface area contributed by atoms with Crippen LogP contribution in [0.3, 0.4) is 0 Å². The monoisotopic (exact) mass is 491 g/mol. The van der Waals surface area contributed by atoms with Crippen LogP contribution in [0.1, 0.15) is 13.8 Å². The Kier molecular flexibility index (Phi) is 6.63. The molecule has 3 aromatic carbocycles. The molecule has 1 nitrogen and oxygen atoms in total. The highest BCUT2D eigenvalue weighted by molar-refractivity contribution is 9.11. The van der Waals surface area contributed by atoms with E-state index in [1.165, 1.54) is 21.5 Å². The molecule has 0 fully saturated rings. The van der Waals surface area contributed by atoms with Crippen LogP contribution in [0.25, 0.3) is 0 Å². The van der Waals surface area contributed by atoms with Crippen LogP contribution in [-0.4, -0.2) is 18.9 Å².